The molecule has 0 aliphatic carbocycles. The molecule has 5 heteroatoms. The molecule has 23 heavy (non-hydrogen) atoms. The molecule has 2 atom stereocenters. The molecule has 0 saturated carbocycles. The molecule has 3 rings (SSSR count). The first-order valence-corrected chi connectivity index (χ1v) is 8.25. The summed E-state index contributed by atoms with van der Waals surface area (Å²) in [4.78, 5) is 28.4. The molecular formula is C18H23FN2O2. The minimum atomic E-state index is -0.278. The van der Waals surface area contributed by atoms with Gasteiger partial charge in [-0.1, -0.05) is 26.0 Å². The zero-order chi connectivity index (χ0) is 16.6. The monoisotopic (exact) mass is 318 g/mol. The zero-order valence-electron chi connectivity index (χ0n) is 13.7. The minimum absolute atomic E-state index is 0.0836. The second kappa shape index (κ2) is 6.30. The van der Waals surface area contributed by atoms with Crippen molar-refractivity contribution in [1.29, 1.82) is 0 Å². The highest BCUT2D eigenvalue weighted by Gasteiger charge is 2.47. The Kier molecular flexibility index (Phi) is 4.37. The van der Waals surface area contributed by atoms with E-state index in [9.17, 15) is 14.0 Å². The molecule has 2 fully saturated rings. The number of likely N-dealkylation sites (tertiary alicyclic amines) is 2. The molecule has 4 nitrogen and oxygen atoms in total. The molecule has 0 bridgehead atoms. The van der Waals surface area contributed by atoms with Gasteiger partial charge in [0, 0.05) is 38.5 Å². The van der Waals surface area contributed by atoms with Gasteiger partial charge >= 0.3 is 0 Å². The molecule has 0 spiro atoms. The highest BCUT2D eigenvalue weighted by molar-refractivity contribution is 5.84. The molecule has 0 aromatic heterocycles. The Morgan fingerprint density at radius 1 is 1.30 bits per heavy atom. The summed E-state index contributed by atoms with van der Waals surface area (Å²) in [6.45, 7) is 6.37. The van der Waals surface area contributed by atoms with E-state index in [1.54, 1.807) is 11.0 Å². The van der Waals surface area contributed by atoms with Crippen molar-refractivity contribution >= 4 is 11.8 Å². The van der Waals surface area contributed by atoms with Crippen molar-refractivity contribution in [2.75, 3.05) is 19.6 Å². The minimum Gasteiger partial charge on any atom is -0.342 e. The summed E-state index contributed by atoms with van der Waals surface area (Å²) in [5.41, 5.74) is 0.811. The van der Waals surface area contributed by atoms with E-state index in [4.69, 9.17) is 0 Å². The lowest BCUT2D eigenvalue weighted by molar-refractivity contribution is -0.134. The van der Waals surface area contributed by atoms with Crippen molar-refractivity contribution in [3.63, 3.8) is 0 Å². The number of carbonyl (C=O) groups is 2. The first-order chi connectivity index (χ1) is 10.9. The van der Waals surface area contributed by atoms with Crippen LogP contribution in [0, 0.1) is 23.6 Å². The third-order valence-corrected chi connectivity index (χ3v) is 4.72. The van der Waals surface area contributed by atoms with Crippen molar-refractivity contribution in [2.45, 2.75) is 26.8 Å². The molecule has 1 aromatic rings. The summed E-state index contributed by atoms with van der Waals surface area (Å²) in [6, 6.07) is 6.38. The van der Waals surface area contributed by atoms with E-state index in [1.165, 1.54) is 12.1 Å². The Hall–Kier alpha value is -1.91. The number of halogens is 1. The Morgan fingerprint density at radius 2 is 2.09 bits per heavy atom. The summed E-state index contributed by atoms with van der Waals surface area (Å²) in [5, 5.41) is 0. The van der Waals surface area contributed by atoms with Crippen LogP contribution in [-0.2, 0) is 16.1 Å². The Labute approximate surface area is 136 Å². The fourth-order valence-electron chi connectivity index (χ4n) is 3.62. The maximum atomic E-state index is 13.3. The van der Waals surface area contributed by atoms with Crippen molar-refractivity contribution in [2.24, 2.45) is 17.8 Å². The number of benzene rings is 1. The van der Waals surface area contributed by atoms with Crippen molar-refractivity contribution < 1.29 is 14.0 Å². The first-order valence-electron chi connectivity index (χ1n) is 8.25. The van der Waals surface area contributed by atoms with Crippen molar-refractivity contribution in [3.8, 4) is 0 Å². The van der Waals surface area contributed by atoms with Crippen LogP contribution in [0.3, 0.4) is 0 Å². The SMILES string of the molecule is CC(C)CC(=O)N1C[C@@H]2CN(Cc3cccc(F)c3)C(=O)[C@@H]2C1. The summed E-state index contributed by atoms with van der Waals surface area (Å²) in [6.07, 6.45) is 0.542. The second-order valence-corrected chi connectivity index (χ2v) is 7.11. The summed E-state index contributed by atoms with van der Waals surface area (Å²) in [7, 11) is 0. The van der Waals surface area contributed by atoms with Crippen molar-refractivity contribution in [3.05, 3.63) is 35.6 Å². The van der Waals surface area contributed by atoms with Gasteiger partial charge in [0.1, 0.15) is 5.82 Å². The number of hydrogen-bond donors (Lipinski definition) is 0. The molecule has 2 aliphatic heterocycles. The van der Waals surface area contributed by atoms with Gasteiger partial charge < -0.3 is 9.80 Å². The number of amides is 2. The fourth-order valence-corrected chi connectivity index (χ4v) is 3.62. The van der Waals surface area contributed by atoms with E-state index in [1.807, 2.05) is 24.8 Å². The molecular weight excluding hydrogens is 295 g/mol. The van der Waals surface area contributed by atoms with E-state index < -0.39 is 0 Å². The lowest BCUT2D eigenvalue weighted by atomic mass is 10.0. The molecule has 2 amide bonds. The van der Waals surface area contributed by atoms with Gasteiger partial charge in [0.2, 0.25) is 11.8 Å². The van der Waals surface area contributed by atoms with E-state index in [-0.39, 0.29) is 29.5 Å². The van der Waals surface area contributed by atoms with Crippen LogP contribution < -0.4 is 0 Å². The average Bonchev–Trinajstić information content (AvgIpc) is 2.99. The van der Waals surface area contributed by atoms with Crippen LogP contribution in [0.4, 0.5) is 4.39 Å². The van der Waals surface area contributed by atoms with Crippen LogP contribution in [0.25, 0.3) is 0 Å². The standard InChI is InChI=1S/C18H23FN2O2/c1-12(2)6-17(22)20-9-14-10-21(18(23)16(14)11-20)8-13-4-3-5-15(19)7-13/h3-5,7,12,14,16H,6,8-11H2,1-2H3/t14-,16-/m1/s1. The molecule has 2 heterocycles. The smallest absolute Gasteiger partial charge is 0.228 e. The molecule has 124 valence electrons. The number of fused-ring (bicyclic) bond motifs is 1. The maximum absolute atomic E-state index is 13.3. The Bertz CT molecular complexity index is 617. The van der Waals surface area contributed by atoms with Crippen LogP contribution in [0.1, 0.15) is 25.8 Å². The van der Waals surface area contributed by atoms with Crippen LogP contribution >= 0.6 is 0 Å². The van der Waals surface area contributed by atoms with E-state index in [0.717, 1.165) is 5.56 Å². The summed E-state index contributed by atoms with van der Waals surface area (Å²) in [5.74, 6) is 0.438. The van der Waals surface area contributed by atoms with Gasteiger partial charge in [-0.15, -0.1) is 0 Å². The number of hydrogen-bond acceptors (Lipinski definition) is 2. The number of rotatable bonds is 4. The number of nitrogens with zero attached hydrogens (tertiary/aromatic N) is 2. The van der Waals surface area contributed by atoms with E-state index in [0.29, 0.717) is 38.5 Å². The molecule has 0 radical (unpaired) electrons. The fraction of sp³-hybridized carbons (Fsp3) is 0.556. The molecule has 0 N–H and O–H groups in total. The lowest BCUT2D eigenvalue weighted by Crippen LogP contribution is -2.35. The average molecular weight is 318 g/mol. The molecule has 1 aromatic carbocycles. The summed E-state index contributed by atoms with van der Waals surface area (Å²) >= 11 is 0. The van der Waals surface area contributed by atoms with Crippen LogP contribution in [0.5, 0.6) is 0 Å². The van der Waals surface area contributed by atoms with Gasteiger partial charge in [-0.25, -0.2) is 4.39 Å². The molecule has 2 aliphatic rings. The van der Waals surface area contributed by atoms with Gasteiger partial charge in [-0.05, 0) is 23.6 Å². The van der Waals surface area contributed by atoms with E-state index >= 15 is 0 Å². The van der Waals surface area contributed by atoms with Crippen molar-refractivity contribution in [1.82, 2.24) is 9.80 Å². The highest BCUT2D eigenvalue weighted by atomic mass is 19.1. The predicted molar refractivity (Wildman–Crippen MR) is 84.8 cm³/mol. The maximum Gasteiger partial charge on any atom is 0.228 e. The Morgan fingerprint density at radius 3 is 2.74 bits per heavy atom. The largest absolute Gasteiger partial charge is 0.342 e. The topological polar surface area (TPSA) is 40.6 Å². The number of carbonyl (C=O) groups excluding carboxylic acids is 2. The van der Waals surface area contributed by atoms with Crippen LogP contribution in [-0.4, -0.2) is 41.2 Å². The van der Waals surface area contributed by atoms with Crippen LogP contribution in [0.2, 0.25) is 0 Å². The normalized spacial score (nSPS) is 23.7. The highest BCUT2D eigenvalue weighted by Crippen LogP contribution is 2.33. The quantitative estimate of drug-likeness (QED) is 0.854. The molecule has 2 saturated heterocycles. The second-order valence-electron chi connectivity index (χ2n) is 7.11. The van der Waals surface area contributed by atoms with Gasteiger partial charge in [0.25, 0.3) is 0 Å². The Balaban J connectivity index is 1.61. The third kappa shape index (κ3) is 3.38. The van der Waals surface area contributed by atoms with Crippen LogP contribution in [0.15, 0.2) is 24.3 Å². The first kappa shape index (κ1) is 16.0. The van der Waals surface area contributed by atoms with Gasteiger partial charge in [0.15, 0.2) is 0 Å². The third-order valence-electron chi connectivity index (χ3n) is 4.72. The molecule has 0 unspecified atom stereocenters. The van der Waals surface area contributed by atoms with Gasteiger partial charge in [-0.3, -0.25) is 9.59 Å². The summed E-state index contributed by atoms with van der Waals surface area (Å²) < 4.78 is 13.3. The zero-order valence-corrected chi connectivity index (χ0v) is 13.7. The van der Waals surface area contributed by atoms with Gasteiger partial charge in [-0.2, -0.15) is 0 Å². The lowest BCUT2D eigenvalue weighted by Gasteiger charge is -2.22. The van der Waals surface area contributed by atoms with E-state index in [2.05, 4.69) is 0 Å². The van der Waals surface area contributed by atoms with Gasteiger partial charge in [0.05, 0.1) is 5.92 Å². The predicted octanol–water partition coefficient (Wildman–Crippen LogP) is 2.29.